The molecule has 0 unspecified atom stereocenters. The van der Waals surface area contributed by atoms with Gasteiger partial charge in [-0.15, -0.1) is 11.3 Å². The number of hydrogen-bond donors (Lipinski definition) is 0. The number of ketones is 2. The van der Waals surface area contributed by atoms with Crippen molar-refractivity contribution in [3.63, 3.8) is 0 Å². The normalized spacial score (nSPS) is 15.9. The molecule has 0 saturated heterocycles. The Morgan fingerprint density at radius 2 is 1.83 bits per heavy atom. The predicted octanol–water partition coefficient (Wildman–Crippen LogP) is 4.75. The summed E-state index contributed by atoms with van der Waals surface area (Å²) in [6.45, 7) is 7.66. The van der Waals surface area contributed by atoms with Crippen LogP contribution in [0.3, 0.4) is 0 Å². The van der Waals surface area contributed by atoms with Crippen molar-refractivity contribution in [2.45, 2.75) is 46.0 Å². The summed E-state index contributed by atoms with van der Waals surface area (Å²) in [4.78, 5) is 40.8. The summed E-state index contributed by atoms with van der Waals surface area (Å²) in [7, 11) is 1.93. The third kappa shape index (κ3) is 4.38. The van der Waals surface area contributed by atoms with Gasteiger partial charge in [-0.2, -0.15) is 0 Å². The predicted molar refractivity (Wildman–Crippen MR) is 119 cm³/mol. The zero-order valence-electron chi connectivity index (χ0n) is 18.1. The van der Waals surface area contributed by atoms with Crippen LogP contribution in [-0.4, -0.2) is 31.2 Å². The Morgan fingerprint density at radius 3 is 2.47 bits per heavy atom. The SMILES string of the molecule is Cc1cc(C(=O)CCC(=O)OCC(=O)/C=C2\N(C)c3ccccc3C2(C)C)c(C)s1. The number of hydrogen-bond acceptors (Lipinski definition) is 6. The van der Waals surface area contributed by atoms with Gasteiger partial charge in [0.15, 0.2) is 18.2 Å². The number of anilines is 1. The molecule has 1 aromatic carbocycles. The molecule has 0 spiro atoms. The molecule has 6 heteroatoms. The van der Waals surface area contributed by atoms with Gasteiger partial charge in [-0.05, 0) is 31.5 Å². The molecule has 0 aliphatic carbocycles. The lowest BCUT2D eigenvalue weighted by molar-refractivity contribution is -0.146. The Bertz CT molecular complexity index is 1030. The number of likely N-dealkylation sites (N-methyl/N-ethyl adjacent to an activating group) is 1. The van der Waals surface area contributed by atoms with E-state index in [9.17, 15) is 14.4 Å². The van der Waals surface area contributed by atoms with Crippen molar-refractivity contribution >= 4 is 34.6 Å². The van der Waals surface area contributed by atoms with E-state index in [1.807, 2.05) is 50.1 Å². The van der Waals surface area contributed by atoms with Crippen LogP contribution in [-0.2, 0) is 19.7 Å². The standard InChI is InChI=1S/C24H27NO4S/c1-15-12-18(16(2)30-15)21(27)10-11-23(28)29-14-17(26)13-22-24(3,4)19-8-6-7-9-20(19)25(22)5/h6-9,12-13H,10-11,14H2,1-5H3/b22-13-. The molecule has 3 rings (SSSR count). The average molecular weight is 426 g/mol. The Morgan fingerprint density at radius 1 is 1.13 bits per heavy atom. The summed E-state index contributed by atoms with van der Waals surface area (Å²) in [6.07, 6.45) is 1.60. The van der Waals surface area contributed by atoms with Crippen LogP contribution in [0.4, 0.5) is 5.69 Å². The lowest BCUT2D eigenvalue weighted by atomic mass is 9.83. The van der Waals surface area contributed by atoms with Crippen LogP contribution < -0.4 is 4.90 Å². The van der Waals surface area contributed by atoms with Gasteiger partial charge >= 0.3 is 5.97 Å². The summed E-state index contributed by atoms with van der Waals surface area (Å²) in [5.41, 5.74) is 3.44. The number of fused-ring (bicyclic) bond motifs is 1. The van der Waals surface area contributed by atoms with Crippen LogP contribution in [0.2, 0.25) is 0 Å². The van der Waals surface area contributed by atoms with Crippen molar-refractivity contribution < 1.29 is 19.1 Å². The second-order valence-corrected chi connectivity index (χ2v) is 9.57. The largest absolute Gasteiger partial charge is 0.457 e. The van der Waals surface area contributed by atoms with E-state index in [4.69, 9.17) is 4.74 Å². The number of ether oxygens (including phenoxy) is 1. The molecule has 0 fully saturated rings. The lowest BCUT2D eigenvalue weighted by Crippen LogP contribution is -2.25. The number of allylic oxidation sites excluding steroid dienone is 1. The fourth-order valence-electron chi connectivity index (χ4n) is 3.93. The molecule has 1 aliphatic rings. The van der Waals surface area contributed by atoms with Gasteiger partial charge in [0, 0.05) is 51.7 Å². The first-order chi connectivity index (χ1) is 14.1. The minimum absolute atomic E-state index is 0.0339. The highest BCUT2D eigenvalue weighted by molar-refractivity contribution is 7.12. The molecule has 2 aromatic rings. The molecule has 30 heavy (non-hydrogen) atoms. The number of aryl methyl sites for hydroxylation is 2. The topological polar surface area (TPSA) is 63.7 Å². The van der Waals surface area contributed by atoms with Gasteiger partial charge in [-0.1, -0.05) is 32.0 Å². The summed E-state index contributed by atoms with van der Waals surface area (Å²) >= 11 is 1.56. The lowest BCUT2D eigenvalue weighted by Gasteiger charge is -2.23. The zero-order valence-corrected chi connectivity index (χ0v) is 18.9. The van der Waals surface area contributed by atoms with Gasteiger partial charge in [0.2, 0.25) is 0 Å². The fourth-order valence-corrected chi connectivity index (χ4v) is 4.88. The number of carbonyl (C=O) groups is 3. The van der Waals surface area contributed by atoms with E-state index in [0.29, 0.717) is 5.56 Å². The Labute approximate surface area is 181 Å². The number of benzene rings is 1. The monoisotopic (exact) mass is 425 g/mol. The van der Waals surface area contributed by atoms with Crippen molar-refractivity contribution in [2.75, 3.05) is 18.6 Å². The van der Waals surface area contributed by atoms with Crippen LogP contribution in [0.5, 0.6) is 0 Å². The molecule has 0 radical (unpaired) electrons. The first kappa shape index (κ1) is 22.0. The smallest absolute Gasteiger partial charge is 0.306 e. The molecule has 0 atom stereocenters. The summed E-state index contributed by atoms with van der Waals surface area (Å²) in [6, 6.07) is 9.89. The second kappa shape index (κ2) is 8.56. The van der Waals surface area contributed by atoms with Crippen molar-refractivity contribution in [3.05, 3.63) is 63.0 Å². The quantitative estimate of drug-likeness (QED) is 0.364. The third-order valence-corrected chi connectivity index (χ3v) is 6.48. The minimum Gasteiger partial charge on any atom is -0.457 e. The molecule has 0 N–H and O–H groups in total. The summed E-state index contributed by atoms with van der Waals surface area (Å²) in [5.74, 6) is -0.891. The Balaban J connectivity index is 1.55. The highest BCUT2D eigenvalue weighted by atomic mass is 32.1. The number of nitrogens with zero attached hydrogens (tertiary/aromatic N) is 1. The van der Waals surface area contributed by atoms with E-state index in [0.717, 1.165) is 26.7 Å². The summed E-state index contributed by atoms with van der Waals surface area (Å²) < 4.78 is 5.12. The minimum atomic E-state index is -0.540. The highest BCUT2D eigenvalue weighted by Crippen LogP contribution is 2.46. The van der Waals surface area contributed by atoms with Crippen LogP contribution in [0.25, 0.3) is 0 Å². The first-order valence-corrected chi connectivity index (χ1v) is 10.8. The van der Waals surface area contributed by atoms with Crippen LogP contribution >= 0.6 is 11.3 Å². The molecule has 1 aliphatic heterocycles. The maximum absolute atomic E-state index is 12.4. The van der Waals surface area contributed by atoms with Gasteiger partial charge < -0.3 is 9.64 Å². The maximum Gasteiger partial charge on any atom is 0.306 e. The molecule has 5 nitrogen and oxygen atoms in total. The Kier molecular flexibility index (Phi) is 6.27. The molecule has 0 bridgehead atoms. The maximum atomic E-state index is 12.4. The van der Waals surface area contributed by atoms with Gasteiger partial charge in [0.05, 0.1) is 6.42 Å². The molecule has 2 heterocycles. The van der Waals surface area contributed by atoms with E-state index in [1.165, 1.54) is 0 Å². The van der Waals surface area contributed by atoms with Crippen molar-refractivity contribution in [1.82, 2.24) is 0 Å². The second-order valence-electron chi connectivity index (χ2n) is 8.11. The van der Waals surface area contributed by atoms with Gasteiger partial charge in [0.1, 0.15) is 0 Å². The molecule has 158 valence electrons. The number of carbonyl (C=O) groups excluding carboxylic acids is 3. The van der Waals surface area contributed by atoms with Crippen LogP contribution in [0.1, 0.15) is 52.4 Å². The molecular weight excluding hydrogens is 398 g/mol. The van der Waals surface area contributed by atoms with Crippen molar-refractivity contribution in [2.24, 2.45) is 0 Å². The molecule has 0 amide bonds. The molecule has 0 saturated carbocycles. The van der Waals surface area contributed by atoms with E-state index in [2.05, 4.69) is 19.9 Å². The van der Waals surface area contributed by atoms with Gasteiger partial charge in [-0.3, -0.25) is 14.4 Å². The number of rotatable bonds is 7. The Hall–Kier alpha value is -2.73. The number of para-hydroxylation sites is 1. The van der Waals surface area contributed by atoms with Gasteiger partial charge in [0.25, 0.3) is 0 Å². The fraction of sp³-hybridized carbons (Fsp3) is 0.375. The highest BCUT2D eigenvalue weighted by Gasteiger charge is 2.38. The third-order valence-electron chi connectivity index (χ3n) is 5.51. The number of Topliss-reactive ketones (excluding diaryl/α,β-unsaturated/α-hetero) is 1. The van der Waals surface area contributed by atoms with Gasteiger partial charge in [-0.25, -0.2) is 0 Å². The van der Waals surface area contributed by atoms with Crippen molar-refractivity contribution in [1.29, 1.82) is 0 Å². The van der Waals surface area contributed by atoms with E-state index in [1.54, 1.807) is 17.4 Å². The summed E-state index contributed by atoms with van der Waals surface area (Å²) in [5, 5.41) is 0. The zero-order chi connectivity index (χ0) is 22.1. The average Bonchev–Trinajstić information content (AvgIpc) is 3.14. The van der Waals surface area contributed by atoms with E-state index < -0.39 is 5.97 Å². The van der Waals surface area contributed by atoms with E-state index in [-0.39, 0.29) is 36.4 Å². The number of esters is 1. The van der Waals surface area contributed by atoms with Crippen LogP contribution in [0, 0.1) is 13.8 Å². The van der Waals surface area contributed by atoms with E-state index >= 15 is 0 Å². The number of thiophene rings is 1. The first-order valence-electron chi connectivity index (χ1n) is 9.95. The molecule has 1 aromatic heterocycles. The molecular formula is C24H27NO4S. The van der Waals surface area contributed by atoms with Crippen molar-refractivity contribution in [3.8, 4) is 0 Å². The van der Waals surface area contributed by atoms with Crippen LogP contribution in [0.15, 0.2) is 42.1 Å².